The molecule has 0 saturated heterocycles. The van der Waals surface area contributed by atoms with E-state index in [-0.39, 0.29) is 18.3 Å². The number of ether oxygens (including phenoxy) is 3. The molecule has 0 aromatic heterocycles. The van der Waals surface area contributed by atoms with Gasteiger partial charge in [-0.3, -0.25) is 20.2 Å². The van der Waals surface area contributed by atoms with Crippen LogP contribution in [-0.4, -0.2) is 39.1 Å². The van der Waals surface area contributed by atoms with Crippen molar-refractivity contribution in [2.45, 2.75) is 12.5 Å². The molecule has 2 aromatic rings. The monoisotopic (exact) mass is 383 g/mol. The first-order valence-electron chi connectivity index (χ1n) is 8.59. The van der Waals surface area contributed by atoms with Crippen LogP contribution in [0.1, 0.15) is 28.4 Å². The molecule has 2 amide bonds. The van der Waals surface area contributed by atoms with E-state index in [9.17, 15) is 9.59 Å². The highest BCUT2D eigenvalue weighted by atomic mass is 16.5. The standard InChI is InChI=1S/C20H21N3O5/c1-26-13-6-4-5-12(9-13)19(25)23-20-21-16(11-18(24)22-20)15-10-14(27-2)7-8-17(15)28-3/h4-10,16H,11H2,1-3H3,(H2,21,22,23,24,25). The Morgan fingerprint density at radius 2 is 1.82 bits per heavy atom. The zero-order valence-corrected chi connectivity index (χ0v) is 15.8. The Hall–Kier alpha value is -3.55. The number of rotatable bonds is 5. The second kappa shape index (κ2) is 8.43. The molecule has 1 aliphatic rings. The van der Waals surface area contributed by atoms with Crippen LogP contribution >= 0.6 is 0 Å². The van der Waals surface area contributed by atoms with Crippen LogP contribution in [0.4, 0.5) is 0 Å². The summed E-state index contributed by atoms with van der Waals surface area (Å²) in [6, 6.07) is 11.5. The van der Waals surface area contributed by atoms with E-state index in [1.807, 2.05) is 0 Å². The van der Waals surface area contributed by atoms with Crippen molar-refractivity contribution < 1.29 is 23.8 Å². The fourth-order valence-corrected chi connectivity index (χ4v) is 2.88. The normalized spacial score (nSPS) is 15.9. The number of carbonyl (C=O) groups is 2. The van der Waals surface area contributed by atoms with Crippen molar-refractivity contribution in [1.82, 2.24) is 10.6 Å². The quantitative estimate of drug-likeness (QED) is 0.824. The Balaban J connectivity index is 1.87. The minimum absolute atomic E-state index is 0.0824. The van der Waals surface area contributed by atoms with Gasteiger partial charge < -0.3 is 14.2 Å². The Kier molecular flexibility index (Phi) is 5.78. The van der Waals surface area contributed by atoms with Crippen LogP contribution in [0.3, 0.4) is 0 Å². The number of benzene rings is 2. The summed E-state index contributed by atoms with van der Waals surface area (Å²) in [5.74, 6) is 1.18. The summed E-state index contributed by atoms with van der Waals surface area (Å²) in [5, 5.41) is 5.22. The number of hydrogen-bond acceptors (Lipinski definition) is 6. The van der Waals surface area contributed by atoms with Gasteiger partial charge in [0.25, 0.3) is 5.91 Å². The summed E-state index contributed by atoms with van der Waals surface area (Å²) in [6.45, 7) is 0. The number of amides is 2. The van der Waals surface area contributed by atoms with E-state index in [0.717, 1.165) is 0 Å². The van der Waals surface area contributed by atoms with Crippen LogP contribution in [0.25, 0.3) is 0 Å². The maximum absolute atomic E-state index is 12.5. The lowest BCUT2D eigenvalue weighted by atomic mass is 10.0. The predicted molar refractivity (Wildman–Crippen MR) is 103 cm³/mol. The van der Waals surface area contributed by atoms with E-state index in [1.165, 1.54) is 7.11 Å². The molecule has 0 bridgehead atoms. The largest absolute Gasteiger partial charge is 0.497 e. The minimum Gasteiger partial charge on any atom is -0.497 e. The molecule has 3 rings (SSSR count). The SMILES string of the molecule is COc1cccc(C(=O)NC2=NC(c3cc(OC)ccc3OC)CC(=O)N2)c1. The molecule has 0 saturated carbocycles. The number of carbonyl (C=O) groups excluding carboxylic acids is 2. The van der Waals surface area contributed by atoms with Gasteiger partial charge in [0.15, 0.2) is 0 Å². The Morgan fingerprint density at radius 1 is 1.07 bits per heavy atom. The predicted octanol–water partition coefficient (Wildman–Crippen LogP) is 2.06. The summed E-state index contributed by atoms with van der Waals surface area (Å²) in [7, 11) is 4.63. The molecule has 1 heterocycles. The maximum Gasteiger partial charge on any atom is 0.258 e. The molecular formula is C20H21N3O5. The molecule has 8 nitrogen and oxygen atoms in total. The molecule has 146 valence electrons. The number of nitrogens with zero attached hydrogens (tertiary/aromatic N) is 1. The molecule has 0 aliphatic carbocycles. The van der Waals surface area contributed by atoms with Crippen molar-refractivity contribution in [3.05, 3.63) is 53.6 Å². The lowest BCUT2D eigenvalue weighted by Gasteiger charge is -2.23. The van der Waals surface area contributed by atoms with Crippen molar-refractivity contribution in [3.8, 4) is 17.2 Å². The van der Waals surface area contributed by atoms with Crippen molar-refractivity contribution in [2.24, 2.45) is 4.99 Å². The molecule has 1 aliphatic heterocycles. The van der Waals surface area contributed by atoms with E-state index >= 15 is 0 Å². The van der Waals surface area contributed by atoms with Crippen LogP contribution in [0.5, 0.6) is 17.2 Å². The number of aliphatic imine (C=N–C) groups is 1. The Labute approximate surface area is 162 Å². The summed E-state index contributed by atoms with van der Waals surface area (Å²) in [5.41, 5.74) is 1.09. The number of methoxy groups -OCH3 is 3. The highest BCUT2D eigenvalue weighted by Crippen LogP contribution is 2.34. The van der Waals surface area contributed by atoms with Crippen molar-refractivity contribution in [2.75, 3.05) is 21.3 Å². The van der Waals surface area contributed by atoms with Gasteiger partial charge in [0.05, 0.1) is 33.8 Å². The van der Waals surface area contributed by atoms with E-state index in [4.69, 9.17) is 14.2 Å². The number of nitrogens with one attached hydrogen (secondary N) is 2. The second-order valence-electron chi connectivity index (χ2n) is 6.04. The Morgan fingerprint density at radius 3 is 2.54 bits per heavy atom. The first-order valence-corrected chi connectivity index (χ1v) is 8.59. The first kappa shape index (κ1) is 19.2. The molecule has 28 heavy (non-hydrogen) atoms. The third-order valence-corrected chi connectivity index (χ3v) is 4.28. The van der Waals surface area contributed by atoms with Crippen LogP contribution in [0, 0.1) is 0 Å². The van der Waals surface area contributed by atoms with Crippen molar-refractivity contribution in [3.63, 3.8) is 0 Å². The molecule has 0 fully saturated rings. The van der Waals surface area contributed by atoms with Crippen molar-refractivity contribution in [1.29, 1.82) is 0 Å². The van der Waals surface area contributed by atoms with E-state index in [1.54, 1.807) is 56.7 Å². The van der Waals surface area contributed by atoms with E-state index in [2.05, 4.69) is 15.6 Å². The average Bonchev–Trinajstić information content (AvgIpc) is 2.72. The number of hydrogen-bond donors (Lipinski definition) is 2. The van der Waals surface area contributed by atoms with Gasteiger partial charge in [-0.1, -0.05) is 6.07 Å². The van der Waals surface area contributed by atoms with E-state index < -0.39 is 11.9 Å². The van der Waals surface area contributed by atoms with Crippen molar-refractivity contribution >= 4 is 17.8 Å². The van der Waals surface area contributed by atoms with Gasteiger partial charge in [0.2, 0.25) is 11.9 Å². The van der Waals surface area contributed by atoms with Gasteiger partial charge in [-0.15, -0.1) is 0 Å². The smallest absolute Gasteiger partial charge is 0.258 e. The Bertz CT molecular complexity index is 926. The molecule has 0 spiro atoms. The highest BCUT2D eigenvalue weighted by Gasteiger charge is 2.26. The number of guanidine groups is 1. The van der Waals surface area contributed by atoms with E-state index in [0.29, 0.717) is 28.4 Å². The summed E-state index contributed by atoms with van der Waals surface area (Å²) >= 11 is 0. The van der Waals surface area contributed by atoms with Gasteiger partial charge in [0, 0.05) is 11.1 Å². The van der Waals surface area contributed by atoms with Gasteiger partial charge in [-0.2, -0.15) is 0 Å². The van der Waals surface area contributed by atoms with Gasteiger partial charge >= 0.3 is 0 Å². The molecule has 0 radical (unpaired) electrons. The molecule has 8 heteroatoms. The fraction of sp³-hybridized carbons (Fsp3) is 0.250. The minimum atomic E-state index is -0.514. The fourth-order valence-electron chi connectivity index (χ4n) is 2.88. The summed E-state index contributed by atoms with van der Waals surface area (Å²) in [6.07, 6.45) is 0.127. The third-order valence-electron chi connectivity index (χ3n) is 4.28. The molecule has 1 unspecified atom stereocenters. The van der Waals surface area contributed by atoms with Crippen LogP contribution in [-0.2, 0) is 4.79 Å². The highest BCUT2D eigenvalue weighted by molar-refractivity contribution is 6.10. The zero-order chi connectivity index (χ0) is 20.1. The zero-order valence-electron chi connectivity index (χ0n) is 15.8. The lowest BCUT2D eigenvalue weighted by Crippen LogP contribution is -2.47. The summed E-state index contributed by atoms with van der Waals surface area (Å²) in [4.78, 5) is 29.2. The molecule has 2 aromatic carbocycles. The van der Waals surface area contributed by atoms with Gasteiger partial charge in [-0.25, -0.2) is 4.99 Å². The third kappa shape index (κ3) is 4.22. The molecular weight excluding hydrogens is 362 g/mol. The summed E-state index contributed by atoms with van der Waals surface area (Å²) < 4.78 is 15.8. The topological polar surface area (TPSA) is 98.2 Å². The van der Waals surface area contributed by atoms with Crippen LogP contribution in [0.15, 0.2) is 47.5 Å². The van der Waals surface area contributed by atoms with Gasteiger partial charge in [0.1, 0.15) is 17.2 Å². The second-order valence-corrected chi connectivity index (χ2v) is 6.04. The molecule has 2 N–H and O–H groups in total. The van der Waals surface area contributed by atoms with Crippen LogP contribution < -0.4 is 24.8 Å². The van der Waals surface area contributed by atoms with Gasteiger partial charge in [-0.05, 0) is 36.4 Å². The first-order chi connectivity index (χ1) is 13.5. The maximum atomic E-state index is 12.5. The lowest BCUT2D eigenvalue weighted by molar-refractivity contribution is -0.120. The average molecular weight is 383 g/mol. The van der Waals surface area contributed by atoms with Crippen LogP contribution in [0.2, 0.25) is 0 Å². The molecule has 1 atom stereocenters.